The number of nitro groups is 1. The van der Waals surface area contributed by atoms with Crippen LogP contribution in [0.4, 0.5) is 10.5 Å². The number of hydrogen-bond acceptors (Lipinski definition) is 6. The second-order valence-corrected chi connectivity index (χ2v) is 6.31. The van der Waals surface area contributed by atoms with E-state index in [1.807, 2.05) is 16.7 Å². The lowest BCUT2D eigenvalue weighted by molar-refractivity contribution is -0.385. The van der Waals surface area contributed by atoms with Crippen molar-refractivity contribution in [1.29, 1.82) is 0 Å². The molecule has 0 unspecified atom stereocenters. The summed E-state index contributed by atoms with van der Waals surface area (Å²) in [6.45, 7) is 0.822. The fourth-order valence-corrected chi connectivity index (χ4v) is 3.41. The Labute approximate surface area is 153 Å². The highest BCUT2D eigenvalue weighted by molar-refractivity contribution is 5.78. The van der Waals surface area contributed by atoms with Crippen molar-refractivity contribution in [2.75, 3.05) is 13.1 Å². The van der Waals surface area contributed by atoms with E-state index in [9.17, 15) is 14.9 Å². The average molecular weight is 368 g/mol. The number of carbonyl (C=O) groups is 1. The number of pyridine rings is 2. The van der Waals surface area contributed by atoms with Gasteiger partial charge in [0.2, 0.25) is 0 Å². The number of nitrogens with zero attached hydrogens (tertiary/aromatic N) is 6. The molecule has 1 fully saturated rings. The summed E-state index contributed by atoms with van der Waals surface area (Å²) in [6.07, 6.45) is 3.16. The molecule has 3 aromatic rings. The molecule has 1 amide bonds. The van der Waals surface area contributed by atoms with Crippen LogP contribution in [-0.4, -0.2) is 53.6 Å². The first kappa shape index (κ1) is 16.9. The SMILES string of the molecule is O=C(O)N1CCC(n2c(-c3ccccn3)nc3cc([N+](=O)[O-])cnc32)CC1. The average Bonchev–Trinajstić information content (AvgIpc) is 3.07. The number of rotatable bonds is 3. The van der Waals surface area contributed by atoms with Crippen LogP contribution in [-0.2, 0) is 0 Å². The van der Waals surface area contributed by atoms with Gasteiger partial charge in [-0.3, -0.25) is 15.1 Å². The molecule has 1 saturated heterocycles. The molecule has 4 heterocycles. The largest absolute Gasteiger partial charge is 0.465 e. The van der Waals surface area contributed by atoms with E-state index in [4.69, 9.17) is 5.11 Å². The normalized spacial score (nSPS) is 15.2. The Hall–Kier alpha value is -3.56. The number of amides is 1. The summed E-state index contributed by atoms with van der Waals surface area (Å²) < 4.78 is 1.93. The van der Waals surface area contributed by atoms with Crippen LogP contribution in [0.15, 0.2) is 36.7 Å². The van der Waals surface area contributed by atoms with E-state index >= 15 is 0 Å². The molecule has 3 aromatic heterocycles. The van der Waals surface area contributed by atoms with Gasteiger partial charge in [-0.1, -0.05) is 6.07 Å². The van der Waals surface area contributed by atoms with E-state index < -0.39 is 11.0 Å². The first-order valence-corrected chi connectivity index (χ1v) is 8.46. The van der Waals surface area contributed by atoms with Gasteiger partial charge in [0, 0.05) is 31.4 Å². The molecule has 1 N–H and O–H groups in total. The molecule has 0 saturated carbocycles. The fraction of sp³-hybridized carbons (Fsp3) is 0.294. The highest BCUT2D eigenvalue weighted by Crippen LogP contribution is 2.32. The molecule has 0 aromatic carbocycles. The zero-order chi connectivity index (χ0) is 19.0. The molecule has 10 heteroatoms. The van der Waals surface area contributed by atoms with Crippen LogP contribution in [0.1, 0.15) is 18.9 Å². The second kappa shape index (κ2) is 6.63. The van der Waals surface area contributed by atoms with E-state index in [1.54, 1.807) is 12.3 Å². The lowest BCUT2D eigenvalue weighted by Gasteiger charge is -2.31. The number of fused-ring (bicyclic) bond motifs is 1. The van der Waals surface area contributed by atoms with Gasteiger partial charge in [0.25, 0.3) is 5.69 Å². The van der Waals surface area contributed by atoms with Crippen molar-refractivity contribution >= 4 is 22.9 Å². The second-order valence-electron chi connectivity index (χ2n) is 6.31. The number of piperidine rings is 1. The van der Waals surface area contributed by atoms with Crippen LogP contribution in [0.25, 0.3) is 22.7 Å². The van der Waals surface area contributed by atoms with Gasteiger partial charge in [-0.2, -0.15) is 0 Å². The third-order valence-corrected chi connectivity index (χ3v) is 4.72. The molecule has 27 heavy (non-hydrogen) atoms. The van der Waals surface area contributed by atoms with Crippen molar-refractivity contribution < 1.29 is 14.8 Å². The molecule has 0 bridgehead atoms. The maximum atomic E-state index is 11.2. The lowest BCUT2D eigenvalue weighted by atomic mass is 10.0. The van der Waals surface area contributed by atoms with E-state index in [2.05, 4.69) is 15.0 Å². The maximum absolute atomic E-state index is 11.2. The molecular weight excluding hydrogens is 352 g/mol. The Kier molecular flexibility index (Phi) is 4.15. The molecule has 0 radical (unpaired) electrons. The highest BCUT2D eigenvalue weighted by atomic mass is 16.6. The molecule has 4 rings (SSSR count). The number of hydrogen-bond donors (Lipinski definition) is 1. The molecule has 0 spiro atoms. The Morgan fingerprint density at radius 2 is 2.04 bits per heavy atom. The predicted octanol–water partition coefficient (Wildman–Crippen LogP) is 2.72. The van der Waals surface area contributed by atoms with Gasteiger partial charge in [-0.25, -0.2) is 14.8 Å². The number of imidazole rings is 1. The summed E-state index contributed by atoms with van der Waals surface area (Å²) in [4.78, 5) is 36.3. The van der Waals surface area contributed by atoms with Crippen LogP contribution in [0, 0.1) is 10.1 Å². The first-order valence-electron chi connectivity index (χ1n) is 8.46. The Morgan fingerprint density at radius 1 is 1.26 bits per heavy atom. The van der Waals surface area contributed by atoms with E-state index in [1.165, 1.54) is 17.2 Å². The van der Waals surface area contributed by atoms with Crippen molar-refractivity contribution in [2.24, 2.45) is 0 Å². The smallest absolute Gasteiger partial charge is 0.407 e. The van der Waals surface area contributed by atoms with Crippen LogP contribution >= 0.6 is 0 Å². The lowest BCUT2D eigenvalue weighted by Crippen LogP contribution is -2.38. The summed E-state index contributed by atoms with van der Waals surface area (Å²) >= 11 is 0. The Balaban J connectivity index is 1.82. The topological polar surface area (TPSA) is 127 Å². The van der Waals surface area contributed by atoms with Gasteiger partial charge in [-0.15, -0.1) is 0 Å². The molecule has 138 valence electrons. The predicted molar refractivity (Wildman–Crippen MR) is 95.3 cm³/mol. The summed E-state index contributed by atoms with van der Waals surface area (Å²) in [5, 5.41) is 20.2. The fourth-order valence-electron chi connectivity index (χ4n) is 3.41. The third-order valence-electron chi connectivity index (χ3n) is 4.72. The van der Waals surface area contributed by atoms with Gasteiger partial charge < -0.3 is 14.6 Å². The highest BCUT2D eigenvalue weighted by Gasteiger charge is 2.28. The molecule has 0 aliphatic carbocycles. The van der Waals surface area contributed by atoms with Gasteiger partial charge in [0.1, 0.15) is 17.4 Å². The molecular formula is C17H16N6O4. The number of carboxylic acid groups (broad SMARTS) is 1. The monoisotopic (exact) mass is 368 g/mol. The standard InChI is InChI=1S/C17H16N6O4/c24-17(25)21-7-4-11(5-8-21)22-15-14(9-12(10-19-15)23(26)27)20-16(22)13-3-1-2-6-18-13/h1-3,6,9-11H,4-5,7-8H2,(H,24,25). The van der Waals surface area contributed by atoms with Gasteiger partial charge in [-0.05, 0) is 25.0 Å². The van der Waals surface area contributed by atoms with Crippen molar-refractivity contribution in [3.8, 4) is 11.5 Å². The van der Waals surface area contributed by atoms with Crippen LogP contribution in [0.5, 0.6) is 0 Å². The van der Waals surface area contributed by atoms with Crippen LogP contribution in [0.2, 0.25) is 0 Å². The van der Waals surface area contributed by atoms with E-state index in [0.29, 0.717) is 48.6 Å². The van der Waals surface area contributed by atoms with Crippen molar-refractivity contribution in [2.45, 2.75) is 18.9 Å². The van der Waals surface area contributed by atoms with E-state index in [0.717, 1.165) is 0 Å². The number of aromatic nitrogens is 4. The number of likely N-dealkylation sites (tertiary alicyclic amines) is 1. The summed E-state index contributed by atoms with van der Waals surface area (Å²) in [5.41, 5.74) is 1.47. The van der Waals surface area contributed by atoms with Crippen molar-refractivity contribution in [3.63, 3.8) is 0 Å². The maximum Gasteiger partial charge on any atom is 0.407 e. The Morgan fingerprint density at radius 3 is 2.67 bits per heavy atom. The minimum absolute atomic E-state index is 0.0171. The van der Waals surface area contributed by atoms with Crippen molar-refractivity contribution in [1.82, 2.24) is 24.4 Å². The Bertz CT molecular complexity index is 1010. The zero-order valence-corrected chi connectivity index (χ0v) is 14.2. The first-order chi connectivity index (χ1) is 13.0. The molecule has 1 aliphatic rings. The summed E-state index contributed by atoms with van der Waals surface area (Å²) in [5.74, 6) is 0.576. The van der Waals surface area contributed by atoms with Gasteiger partial charge in [0.15, 0.2) is 11.5 Å². The zero-order valence-electron chi connectivity index (χ0n) is 14.2. The molecule has 1 aliphatic heterocycles. The van der Waals surface area contributed by atoms with E-state index in [-0.39, 0.29) is 11.7 Å². The summed E-state index contributed by atoms with van der Waals surface area (Å²) in [6, 6.07) is 6.84. The molecule has 0 atom stereocenters. The van der Waals surface area contributed by atoms with Gasteiger partial charge in [0.05, 0.1) is 4.92 Å². The van der Waals surface area contributed by atoms with Crippen LogP contribution in [0.3, 0.4) is 0 Å². The van der Waals surface area contributed by atoms with Gasteiger partial charge >= 0.3 is 6.09 Å². The minimum atomic E-state index is -0.928. The third kappa shape index (κ3) is 3.05. The van der Waals surface area contributed by atoms with Crippen LogP contribution < -0.4 is 0 Å². The molecule has 10 nitrogen and oxygen atoms in total. The minimum Gasteiger partial charge on any atom is -0.465 e. The summed E-state index contributed by atoms with van der Waals surface area (Å²) in [7, 11) is 0. The van der Waals surface area contributed by atoms with Crippen molar-refractivity contribution in [3.05, 3.63) is 46.8 Å². The quantitative estimate of drug-likeness (QED) is 0.556.